The molecule has 1 amide bonds. The average Bonchev–Trinajstić information content (AvgIpc) is 2.70. The van der Waals surface area contributed by atoms with E-state index in [0.717, 1.165) is 11.4 Å². The van der Waals surface area contributed by atoms with Crippen LogP contribution in [0.5, 0.6) is 11.5 Å². The van der Waals surface area contributed by atoms with Gasteiger partial charge in [-0.05, 0) is 67.6 Å². The smallest absolute Gasteiger partial charge is 0.246 e. The lowest BCUT2D eigenvalue weighted by Crippen LogP contribution is -2.31. The van der Waals surface area contributed by atoms with E-state index in [4.69, 9.17) is 9.88 Å². The first kappa shape index (κ1) is 20.4. The summed E-state index contributed by atoms with van der Waals surface area (Å²) in [6.07, 6.45) is 0. The predicted molar refractivity (Wildman–Crippen MR) is 112 cm³/mol. The Labute approximate surface area is 169 Å². The molecular formula is C21H21N3O4S. The second-order valence-electron chi connectivity index (χ2n) is 6.36. The van der Waals surface area contributed by atoms with Gasteiger partial charge in [0.1, 0.15) is 17.5 Å². The number of hydrogen-bond donors (Lipinski definition) is 3. The van der Waals surface area contributed by atoms with Gasteiger partial charge in [-0.3, -0.25) is 4.79 Å². The largest absolute Gasteiger partial charge is 0.457 e. The van der Waals surface area contributed by atoms with Crippen LogP contribution in [0.25, 0.3) is 0 Å². The van der Waals surface area contributed by atoms with Gasteiger partial charge in [0, 0.05) is 11.4 Å². The third-order valence-electron chi connectivity index (χ3n) is 4.06. The lowest BCUT2D eigenvalue weighted by Gasteiger charge is -2.16. The maximum atomic E-state index is 12.4. The van der Waals surface area contributed by atoms with Crippen molar-refractivity contribution in [2.75, 3.05) is 10.6 Å². The third-order valence-corrected chi connectivity index (χ3v) is 4.99. The van der Waals surface area contributed by atoms with Gasteiger partial charge in [-0.15, -0.1) is 0 Å². The van der Waals surface area contributed by atoms with Gasteiger partial charge in [0.05, 0.1) is 4.90 Å². The Hall–Kier alpha value is -3.36. The molecule has 0 bridgehead atoms. The fraction of sp³-hybridized carbons (Fsp3) is 0.0952. The Morgan fingerprint density at radius 3 is 2.00 bits per heavy atom. The molecule has 0 radical (unpaired) electrons. The molecule has 0 saturated heterocycles. The Kier molecular flexibility index (Phi) is 6.16. The highest BCUT2D eigenvalue weighted by Gasteiger charge is 2.14. The quantitative estimate of drug-likeness (QED) is 0.550. The molecule has 150 valence electrons. The fourth-order valence-corrected chi connectivity index (χ4v) is 3.05. The van der Waals surface area contributed by atoms with Crippen LogP contribution in [0.3, 0.4) is 0 Å². The summed E-state index contributed by atoms with van der Waals surface area (Å²) in [7, 11) is -3.76. The van der Waals surface area contributed by atoms with Crippen LogP contribution in [0.4, 0.5) is 11.4 Å². The molecule has 1 atom stereocenters. The van der Waals surface area contributed by atoms with Gasteiger partial charge in [0.25, 0.3) is 0 Å². The van der Waals surface area contributed by atoms with Crippen LogP contribution >= 0.6 is 0 Å². The summed E-state index contributed by atoms with van der Waals surface area (Å²) in [4.78, 5) is 12.4. The van der Waals surface area contributed by atoms with Crippen LogP contribution in [0.15, 0.2) is 83.8 Å². The van der Waals surface area contributed by atoms with E-state index in [9.17, 15) is 13.2 Å². The summed E-state index contributed by atoms with van der Waals surface area (Å²) in [5.74, 6) is 1.17. The number of hydrogen-bond acceptors (Lipinski definition) is 5. The van der Waals surface area contributed by atoms with Gasteiger partial charge in [-0.25, -0.2) is 13.6 Å². The molecule has 7 nitrogen and oxygen atoms in total. The number of sulfonamides is 1. The molecule has 0 saturated carbocycles. The summed E-state index contributed by atoms with van der Waals surface area (Å²) in [5.41, 5.74) is 1.24. The van der Waals surface area contributed by atoms with E-state index in [1.165, 1.54) is 24.3 Å². The summed E-state index contributed by atoms with van der Waals surface area (Å²) >= 11 is 0. The average molecular weight is 411 g/mol. The summed E-state index contributed by atoms with van der Waals surface area (Å²) in [6, 6.07) is 21.9. The Bertz CT molecular complexity index is 1070. The standard InChI is InChI=1S/C21H21N3O4S/c1-15(21(25)24-17-9-13-20(14-10-17)29(22,26)27)23-16-7-11-19(12-8-16)28-18-5-3-2-4-6-18/h2-15,23H,1H3,(H,24,25)(H2,22,26,27). The number of nitrogens with two attached hydrogens (primary N) is 1. The van der Waals surface area contributed by atoms with Gasteiger partial charge in [-0.2, -0.15) is 0 Å². The molecule has 29 heavy (non-hydrogen) atoms. The molecule has 0 aliphatic carbocycles. The summed E-state index contributed by atoms with van der Waals surface area (Å²) < 4.78 is 28.3. The molecule has 0 heterocycles. The number of amides is 1. The lowest BCUT2D eigenvalue weighted by atomic mass is 10.2. The first-order valence-corrected chi connectivity index (χ1v) is 10.4. The number of ether oxygens (including phenoxy) is 1. The number of rotatable bonds is 7. The molecule has 3 aromatic carbocycles. The van der Waals surface area contributed by atoms with E-state index < -0.39 is 16.1 Å². The molecule has 8 heteroatoms. The van der Waals surface area contributed by atoms with Crippen molar-refractivity contribution in [2.24, 2.45) is 5.14 Å². The number of para-hydroxylation sites is 1. The van der Waals surface area contributed by atoms with Crippen molar-refractivity contribution in [3.8, 4) is 11.5 Å². The Balaban J connectivity index is 1.56. The Morgan fingerprint density at radius 1 is 0.862 bits per heavy atom. The SMILES string of the molecule is CC(Nc1ccc(Oc2ccccc2)cc1)C(=O)Nc1ccc(S(N)(=O)=O)cc1. The van der Waals surface area contributed by atoms with E-state index in [0.29, 0.717) is 11.4 Å². The van der Waals surface area contributed by atoms with Gasteiger partial charge < -0.3 is 15.4 Å². The van der Waals surface area contributed by atoms with Gasteiger partial charge >= 0.3 is 0 Å². The van der Waals surface area contributed by atoms with Crippen molar-refractivity contribution in [1.29, 1.82) is 0 Å². The van der Waals surface area contributed by atoms with E-state index in [1.807, 2.05) is 54.6 Å². The van der Waals surface area contributed by atoms with Crippen molar-refractivity contribution in [1.82, 2.24) is 0 Å². The van der Waals surface area contributed by atoms with Crippen LogP contribution in [-0.2, 0) is 14.8 Å². The van der Waals surface area contributed by atoms with Crippen LogP contribution in [-0.4, -0.2) is 20.4 Å². The maximum absolute atomic E-state index is 12.4. The van der Waals surface area contributed by atoms with E-state index in [2.05, 4.69) is 10.6 Å². The molecule has 3 rings (SSSR count). The zero-order chi connectivity index (χ0) is 20.9. The maximum Gasteiger partial charge on any atom is 0.246 e. The zero-order valence-corrected chi connectivity index (χ0v) is 16.5. The van der Waals surface area contributed by atoms with Crippen LogP contribution in [0, 0.1) is 0 Å². The summed E-state index contributed by atoms with van der Waals surface area (Å²) in [6.45, 7) is 1.72. The molecule has 0 fully saturated rings. The monoisotopic (exact) mass is 411 g/mol. The topological polar surface area (TPSA) is 111 Å². The molecule has 0 aromatic heterocycles. The highest BCUT2D eigenvalue weighted by molar-refractivity contribution is 7.89. The number of carbonyl (C=O) groups excluding carboxylic acids is 1. The molecule has 3 aromatic rings. The predicted octanol–water partition coefficient (Wildman–Crippen LogP) is 3.57. The number of nitrogens with one attached hydrogen (secondary N) is 2. The molecule has 4 N–H and O–H groups in total. The second kappa shape index (κ2) is 8.76. The van der Waals surface area contributed by atoms with Crippen molar-refractivity contribution >= 4 is 27.3 Å². The van der Waals surface area contributed by atoms with Crippen molar-refractivity contribution in [2.45, 2.75) is 17.9 Å². The normalized spacial score (nSPS) is 12.1. The highest BCUT2D eigenvalue weighted by Crippen LogP contribution is 2.23. The molecular weight excluding hydrogens is 390 g/mol. The first-order chi connectivity index (χ1) is 13.8. The Morgan fingerprint density at radius 2 is 1.41 bits per heavy atom. The highest BCUT2D eigenvalue weighted by atomic mass is 32.2. The van der Waals surface area contributed by atoms with Crippen LogP contribution in [0.2, 0.25) is 0 Å². The van der Waals surface area contributed by atoms with Crippen molar-refractivity contribution in [3.05, 3.63) is 78.9 Å². The van der Waals surface area contributed by atoms with Crippen LogP contribution in [0.1, 0.15) is 6.92 Å². The van der Waals surface area contributed by atoms with E-state index in [-0.39, 0.29) is 10.8 Å². The molecule has 1 unspecified atom stereocenters. The number of primary sulfonamides is 1. The minimum absolute atomic E-state index is 0.0144. The van der Waals surface area contributed by atoms with E-state index in [1.54, 1.807) is 6.92 Å². The molecule has 0 aliphatic heterocycles. The minimum atomic E-state index is -3.76. The van der Waals surface area contributed by atoms with Crippen molar-refractivity contribution < 1.29 is 17.9 Å². The minimum Gasteiger partial charge on any atom is -0.457 e. The van der Waals surface area contributed by atoms with Gasteiger partial charge in [0.15, 0.2) is 0 Å². The van der Waals surface area contributed by atoms with Gasteiger partial charge in [-0.1, -0.05) is 18.2 Å². The number of anilines is 2. The van der Waals surface area contributed by atoms with Gasteiger partial charge in [0.2, 0.25) is 15.9 Å². The second-order valence-corrected chi connectivity index (χ2v) is 7.93. The zero-order valence-electron chi connectivity index (χ0n) is 15.7. The molecule has 0 aliphatic rings. The number of carbonyl (C=O) groups is 1. The summed E-state index contributed by atoms with van der Waals surface area (Å²) in [5, 5.41) is 10.9. The number of benzene rings is 3. The third kappa shape index (κ3) is 5.81. The lowest BCUT2D eigenvalue weighted by molar-refractivity contribution is -0.116. The first-order valence-electron chi connectivity index (χ1n) is 8.84. The van der Waals surface area contributed by atoms with E-state index >= 15 is 0 Å². The van der Waals surface area contributed by atoms with Crippen LogP contribution < -0.4 is 20.5 Å². The molecule has 0 spiro atoms. The fourth-order valence-electron chi connectivity index (χ4n) is 2.54. The van der Waals surface area contributed by atoms with Crippen molar-refractivity contribution in [3.63, 3.8) is 0 Å².